The molecule has 1 aromatic rings. The topological polar surface area (TPSA) is 20.3 Å². The fraction of sp³-hybridized carbons (Fsp3) is 0.308. The van der Waals surface area contributed by atoms with Crippen LogP contribution in [0.5, 0.6) is 0 Å². The molecule has 1 amide bonds. The molecule has 0 aliphatic rings. The Labute approximate surface area is 91.2 Å². The third-order valence-electron chi connectivity index (χ3n) is 2.24. The zero-order chi connectivity index (χ0) is 11.1. The minimum Gasteiger partial charge on any atom is -0.309 e. The van der Waals surface area contributed by atoms with Gasteiger partial charge in [-0.25, -0.2) is 0 Å². The van der Waals surface area contributed by atoms with E-state index < -0.39 is 0 Å². The Morgan fingerprint density at radius 1 is 1.40 bits per heavy atom. The van der Waals surface area contributed by atoms with Crippen LogP contribution in [0.15, 0.2) is 43.0 Å². The summed E-state index contributed by atoms with van der Waals surface area (Å²) in [4.78, 5) is 13.4. The lowest BCUT2D eigenvalue weighted by atomic mass is 10.2. The summed E-state index contributed by atoms with van der Waals surface area (Å²) >= 11 is 0. The van der Waals surface area contributed by atoms with Gasteiger partial charge in [-0.05, 0) is 24.6 Å². The summed E-state index contributed by atoms with van der Waals surface area (Å²) < 4.78 is 0. The molecule has 1 rings (SSSR count). The summed E-state index contributed by atoms with van der Waals surface area (Å²) in [5.74, 6) is -0.0327. The normalized spacial score (nSPS) is 9.67. The van der Waals surface area contributed by atoms with Gasteiger partial charge in [0.25, 0.3) is 0 Å². The first-order valence-corrected chi connectivity index (χ1v) is 5.28. The van der Waals surface area contributed by atoms with Crippen LogP contribution < -0.4 is 4.90 Å². The minimum atomic E-state index is -0.0327. The predicted molar refractivity (Wildman–Crippen MR) is 63.9 cm³/mol. The monoisotopic (exact) mass is 203 g/mol. The van der Waals surface area contributed by atoms with Gasteiger partial charge in [0.1, 0.15) is 0 Å². The van der Waals surface area contributed by atoms with Gasteiger partial charge in [0.15, 0.2) is 0 Å². The molecule has 0 radical (unpaired) electrons. The number of hydrogen-bond donors (Lipinski definition) is 0. The van der Waals surface area contributed by atoms with E-state index in [9.17, 15) is 4.79 Å². The van der Waals surface area contributed by atoms with E-state index in [4.69, 9.17) is 0 Å². The molecule has 0 aromatic heterocycles. The van der Waals surface area contributed by atoms with Crippen LogP contribution in [-0.4, -0.2) is 12.5 Å². The summed E-state index contributed by atoms with van der Waals surface area (Å²) in [6.45, 7) is 6.39. The number of carbonyl (C=O) groups excluding carboxylic acids is 1. The van der Waals surface area contributed by atoms with Crippen LogP contribution in [-0.2, 0) is 4.79 Å². The Hall–Kier alpha value is -1.57. The second-order valence-corrected chi connectivity index (χ2v) is 3.38. The summed E-state index contributed by atoms with van der Waals surface area (Å²) in [6, 6.07) is 9.70. The molecular weight excluding hydrogens is 186 g/mol. The Balaban J connectivity index is 2.81. The highest BCUT2D eigenvalue weighted by atomic mass is 16.2. The van der Waals surface area contributed by atoms with Crippen LogP contribution in [0.25, 0.3) is 0 Å². The van der Waals surface area contributed by atoms with E-state index in [2.05, 4.69) is 13.5 Å². The summed E-state index contributed by atoms with van der Waals surface area (Å²) in [6.07, 6.45) is 3.45. The van der Waals surface area contributed by atoms with Gasteiger partial charge in [-0.1, -0.05) is 38.1 Å². The van der Waals surface area contributed by atoms with E-state index in [0.717, 1.165) is 25.1 Å². The molecule has 2 heteroatoms. The molecule has 15 heavy (non-hydrogen) atoms. The van der Waals surface area contributed by atoms with Gasteiger partial charge < -0.3 is 4.90 Å². The van der Waals surface area contributed by atoms with E-state index in [0.29, 0.717) is 0 Å². The molecule has 80 valence electrons. The quantitative estimate of drug-likeness (QED) is 0.674. The molecule has 0 aliphatic carbocycles. The molecule has 0 saturated carbocycles. The van der Waals surface area contributed by atoms with Crippen molar-refractivity contribution in [2.75, 3.05) is 11.4 Å². The Morgan fingerprint density at radius 2 is 2.07 bits per heavy atom. The van der Waals surface area contributed by atoms with Gasteiger partial charge in [0, 0.05) is 12.2 Å². The van der Waals surface area contributed by atoms with Gasteiger partial charge in [0.05, 0.1) is 0 Å². The van der Waals surface area contributed by atoms with Crippen LogP contribution in [0.1, 0.15) is 19.8 Å². The molecule has 0 spiro atoms. The lowest BCUT2D eigenvalue weighted by molar-refractivity contribution is -0.114. The number of amides is 1. The Morgan fingerprint density at radius 3 is 2.60 bits per heavy atom. The van der Waals surface area contributed by atoms with E-state index in [1.807, 2.05) is 30.3 Å². The number of hydrogen-bond acceptors (Lipinski definition) is 1. The summed E-state index contributed by atoms with van der Waals surface area (Å²) in [7, 11) is 0. The van der Waals surface area contributed by atoms with Crippen LogP contribution in [0.3, 0.4) is 0 Å². The number of para-hydroxylation sites is 1. The molecule has 2 nitrogen and oxygen atoms in total. The van der Waals surface area contributed by atoms with Crippen molar-refractivity contribution in [3.05, 3.63) is 43.0 Å². The van der Waals surface area contributed by atoms with Crippen LogP contribution >= 0.6 is 0 Å². The molecule has 0 saturated heterocycles. The highest BCUT2D eigenvalue weighted by Gasteiger charge is 2.10. The Bertz CT molecular complexity index is 319. The molecule has 1 aromatic carbocycles. The average molecular weight is 203 g/mol. The molecule has 0 bridgehead atoms. The smallest absolute Gasteiger partial charge is 0.250 e. The number of rotatable bonds is 5. The number of benzene rings is 1. The second-order valence-electron chi connectivity index (χ2n) is 3.38. The maximum Gasteiger partial charge on any atom is 0.250 e. The SMILES string of the molecule is C=CC(=O)N(CCCC)c1ccccc1. The summed E-state index contributed by atoms with van der Waals surface area (Å²) in [5, 5.41) is 0. The largest absolute Gasteiger partial charge is 0.309 e. The number of unbranched alkanes of at least 4 members (excludes halogenated alkanes) is 1. The maximum absolute atomic E-state index is 11.6. The molecule has 0 heterocycles. The molecule has 0 fully saturated rings. The number of nitrogens with zero attached hydrogens (tertiary/aromatic N) is 1. The van der Waals surface area contributed by atoms with Gasteiger partial charge in [-0.2, -0.15) is 0 Å². The highest BCUT2D eigenvalue weighted by Crippen LogP contribution is 2.14. The molecule has 0 aliphatic heterocycles. The van der Waals surface area contributed by atoms with Crippen molar-refractivity contribution in [3.8, 4) is 0 Å². The first-order valence-electron chi connectivity index (χ1n) is 5.28. The zero-order valence-corrected chi connectivity index (χ0v) is 9.15. The standard InChI is InChI=1S/C13H17NO/c1-3-5-11-14(13(15)4-2)12-9-7-6-8-10-12/h4,6-10H,2-3,5,11H2,1H3. The maximum atomic E-state index is 11.6. The van der Waals surface area contributed by atoms with Crippen molar-refractivity contribution in [1.29, 1.82) is 0 Å². The Kier molecular flexibility index (Phi) is 4.61. The van der Waals surface area contributed by atoms with Crippen molar-refractivity contribution in [3.63, 3.8) is 0 Å². The number of carbonyl (C=O) groups is 1. The fourth-order valence-electron chi connectivity index (χ4n) is 1.40. The van der Waals surface area contributed by atoms with E-state index in [1.165, 1.54) is 6.08 Å². The molecule has 0 unspecified atom stereocenters. The van der Waals surface area contributed by atoms with Crippen molar-refractivity contribution >= 4 is 11.6 Å². The zero-order valence-electron chi connectivity index (χ0n) is 9.15. The van der Waals surface area contributed by atoms with Crippen LogP contribution in [0.2, 0.25) is 0 Å². The van der Waals surface area contributed by atoms with Crippen molar-refractivity contribution in [2.24, 2.45) is 0 Å². The third kappa shape index (κ3) is 3.24. The lowest BCUT2D eigenvalue weighted by Crippen LogP contribution is -2.29. The first-order chi connectivity index (χ1) is 7.29. The molecule has 0 atom stereocenters. The second kappa shape index (κ2) is 6.02. The lowest BCUT2D eigenvalue weighted by Gasteiger charge is -2.20. The first kappa shape index (κ1) is 11.5. The van der Waals surface area contributed by atoms with Gasteiger partial charge >= 0.3 is 0 Å². The van der Waals surface area contributed by atoms with Gasteiger partial charge in [0.2, 0.25) is 5.91 Å². The van der Waals surface area contributed by atoms with Crippen LogP contribution in [0, 0.1) is 0 Å². The van der Waals surface area contributed by atoms with Crippen molar-refractivity contribution in [1.82, 2.24) is 0 Å². The van der Waals surface area contributed by atoms with Gasteiger partial charge in [-0.15, -0.1) is 0 Å². The van der Waals surface area contributed by atoms with Crippen molar-refractivity contribution in [2.45, 2.75) is 19.8 Å². The third-order valence-corrected chi connectivity index (χ3v) is 2.24. The molecule has 0 N–H and O–H groups in total. The van der Waals surface area contributed by atoms with Crippen LogP contribution in [0.4, 0.5) is 5.69 Å². The van der Waals surface area contributed by atoms with E-state index in [-0.39, 0.29) is 5.91 Å². The van der Waals surface area contributed by atoms with Gasteiger partial charge in [-0.3, -0.25) is 4.79 Å². The minimum absolute atomic E-state index is 0.0327. The molecular formula is C13H17NO. The average Bonchev–Trinajstić information content (AvgIpc) is 2.30. The highest BCUT2D eigenvalue weighted by molar-refractivity contribution is 6.00. The van der Waals surface area contributed by atoms with E-state index in [1.54, 1.807) is 4.90 Å². The number of anilines is 1. The van der Waals surface area contributed by atoms with Crippen molar-refractivity contribution < 1.29 is 4.79 Å². The summed E-state index contributed by atoms with van der Waals surface area (Å²) in [5.41, 5.74) is 0.941. The fourth-order valence-corrected chi connectivity index (χ4v) is 1.40. The van der Waals surface area contributed by atoms with E-state index >= 15 is 0 Å². The predicted octanol–water partition coefficient (Wildman–Crippen LogP) is 3.01.